The predicted molar refractivity (Wildman–Crippen MR) is 81.9 cm³/mol. The quantitative estimate of drug-likeness (QED) is 0.734. The second kappa shape index (κ2) is 6.07. The van der Waals surface area contributed by atoms with Crippen LogP contribution in [0.1, 0.15) is 0 Å². The molecule has 7 heteroatoms. The van der Waals surface area contributed by atoms with Gasteiger partial charge in [-0.3, -0.25) is 0 Å². The number of methoxy groups -OCH3 is 1. The van der Waals surface area contributed by atoms with E-state index >= 15 is 0 Å². The van der Waals surface area contributed by atoms with Crippen LogP contribution in [0.4, 0.5) is 11.6 Å². The molecule has 0 amide bonds. The summed E-state index contributed by atoms with van der Waals surface area (Å²) in [5.41, 5.74) is 2.17. The maximum atomic E-state index is 6.18. The number of anilines is 2. The number of imidazole rings is 1. The van der Waals surface area contributed by atoms with Crippen molar-refractivity contribution in [3.8, 4) is 0 Å². The molecule has 0 saturated heterocycles. The van der Waals surface area contributed by atoms with Crippen molar-refractivity contribution >= 4 is 34.4 Å². The molecule has 6 nitrogen and oxygen atoms in total. The van der Waals surface area contributed by atoms with Gasteiger partial charge in [-0.1, -0.05) is 29.8 Å². The SMILES string of the molecule is COCCn1cnc2c(Cl)nc(Nc3ccccc3)nc21. The first-order chi connectivity index (χ1) is 10.3. The molecule has 21 heavy (non-hydrogen) atoms. The summed E-state index contributed by atoms with van der Waals surface area (Å²) in [6.07, 6.45) is 1.69. The van der Waals surface area contributed by atoms with Crippen molar-refractivity contribution < 1.29 is 4.74 Å². The van der Waals surface area contributed by atoms with Gasteiger partial charge in [-0.15, -0.1) is 0 Å². The van der Waals surface area contributed by atoms with Crippen LogP contribution in [0, 0.1) is 0 Å². The van der Waals surface area contributed by atoms with Gasteiger partial charge in [0.15, 0.2) is 10.8 Å². The highest BCUT2D eigenvalue weighted by molar-refractivity contribution is 6.33. The molecule has 0 aliphatic rings. The van der Waals surface area contributed by atoms with Crippen molar-refractivity contribution in [2.24, 2.45) is 0 Å². The molecule has 0 bridgehead atoms. The number of halogens is 1. The van der Waals surface area contributed by atoms with E-state index in [-0.39, 0.29) is 0 Å². The van der Waals surface area contributed by atoms with Crippen LogP contribution in [-0.4, -0.2) is 33.2 Å². The number of aromatic nitrogens is 4. The number of para-hydroxylation sites is 1. The van der Waals surface area contributed by atoms with Crippen LogP contribution < -0.4 is 5.32 Å². The van der Waals surface area contributed by atoms with Gasteiger partial charge >= 0.3 is 0 Å². The molecule has 3 aromatic rings. The summed E-state index contributed by atoms with van der Waals surface area (Å²) in [5.74, 6) is 0.442. The molecule has 0 spiro atoms. The van der Waals surface area contributed by atoms with Crippen molar-refractivity contribution in [2.75, 3.05) is 19.0 Å². The molecule has 0 unspecified atom stereocenters. The highest BCUT2D eigenvalue weighted by atomic mass is 35.5. The van der Waals surface area contributed by atoms with Crippen molar-refractivity contribution in [3.63, 3.8) is 0 Å². The Morgan fingerprint density at radius 2 is 2.05 bits per heavy atom. The Labute approximate surface area is 126 Å². The van der Waals surface area contributed by atoms with Gasteiger partial charge in [0.1, 0.15) is 5.52 Å². The fraction of sp³-hybridized carbons (Fsp3) is 0.214. The summed E-state index contributed by atoms with van der Waals surface area (Å²) in [6, 6.07) is 9.69. The average Bonchev–Trinajstić information content (AvgIpc) is 2.90. The van der Waals surface area contributed by atoms with Gasteiger partial charge < -0.3 is 14.6 Å². The summed E-state index contributed by atoms with van der Waals surface area (Å²) < 4.78 is 6.97. The maximum absolute atomic E-state index is 6.18. The Hall–Kier alpha value is -2.18. The third-order valence-electron chi connectivity index (χ3n) is 2.99. The highest BCUT2D eigenvalue weighted by Crippen LogP contribution is 2.22. The first kappa shape index (κ1) is 13.8. The van der Waals surface area contributed by atoms with Crippen LogP contribution in [0.2, 0.25) is 5.15 Å². The molecule has 0 atom stereocenters. The summed E-state index contributed by atoms with van der Waals surface area (Å²) >= 11 is 6.18. The van der Waals surface area contributed by atoms with E-state index in [1.54, 1.807) is 13.4 Å². The Kier molecular flexibility index (Phi) is 3.98. The maximum Gasteiger partial charge on any atom is 0.230 e. The fourth-order valence-electron chi connectivity index (χ4n) is 1.97. The van der Waals surface area contributed by atoms with E-state index in [4.69, 9.17) is 16.3 Å². The lowest BCUT2D eigenvalue weighted by Crippen LogP contribution is -2.05. The Balaban J connectivity index is 1.96. The minimum absolute atomic E-state index is 0.328. The van der Waals surface area contributed by atoms with E-state index in [0.29, 0.717) is 35.4 Å². The molecular formula is C14H14ClN5O. The van der Waals surface area contributed by atoms with E-state index < -0.39 is 0 Å². The molecule has 0 aliphatic carbocycles. The van der Waals surface area contributed by atoms with Crippen molar-refractivity contribution in [2.45, 2.75) is 6.54 Å². The molecule has 2 heterocycles. The van der Waals surface area contributed by atoms with E-state index in [0.717, 1.165) is 5.69 Å². The summed E-state index contributed by atoms with van der Waals surface area (Å²) in [5, 5.41) is 3.46. The number of rotatable bonds is 5. The van der Waals surface area contributed by atoms with Crippen LogP contribution >= 0.6 is 11.6 Å². The number of hydrogen-bond donors (Lipinski definition) is 1. The second-order valence-electron chi connectivity index (χ2n) is 4.43. The number of fused-ring (bicyclic) bond motifs is 1. The van der Waals surface area contributed by atoms with Crippen LogP contribution in [0.15, 0.2) is 36.7 Å². The van der Waals surface area contributed by atoms with E-state index in [1.165, 1.54) is 0 Å². The Morgan fingerprint density at radius 1 is 1.24 bits per heavy atom. The molecule has 2 aromatic heterocycles. The standard InChI is InChI=1S/C14H14ClN5O/c1-21-8-7-20-9-16-11-12(15)18-14(19-13(11)20)17-10-5-3-2-4-6-10/h2-6,9H,7-8H2,1H3,(H,17,18,19). The second-order valence-corrected chi connectivity index (χ2v) is 4.79. The molecule has 0 saturated carbocycles. The monoisotopic (exact) mass is 303 g/mol. The van der Waals surface area contributed by atoms with Crippen molar-refractivity contribution in [1.82, 2.24) is 19.5 Å². The van der Waals surface area contributed by atoms with Gasteiger partial charge in [-0.25, -0.2) is 4.98 Å². The van der Waals surface area contributed by atoms with Gasteiger partial charge in [0, 0.05) is 19.3 Å². The van der Waals surface area contributed by atoms with Crippen molar-refractivity contribution in [3.05, 3.63) is 41.8 Å². The number of nitrogens with zero attached hydrogens (tertiary/aromatic N) is 4. The van der Waals surface area contributed by atoms with Gasteiger partial charge in [0.25, 0.3) is 0 Å². The zero-order valence-electron chi connectivity index (χ0n) is 11.5. The molecule has 1 aromatic carbocycles. The minimum atomic E-state index is 0.328. The first-order valence-electron chi connectivity index (χ1n) is 6.47. The molecule has 0 aliphatic heterocycles. The highest BCUT2D eigenvalue weighted by Gasteiger charge is 2.11. The molecular weight excluding hydrogens is 290 g/mol. The lowest BCUT2D eigenvalue weighted by molar-refractivity contribution is 0.188. The number of benzene rings is 1. The van der Waals surface area contributed by atoms with Gasteiger partial charge in [0.05, 0.1) is 12.9 Å². The van der Waals surface area contributed by atoms with Gasteiger partial charge in [-0.2, -0.15) is 9.97 Å². The summed E-state index contributed by atoms with van der Waals surface area (Å²) in [6.45, 7) is 1.24. The van der Waals surface area contributed by atoms with Crippen molar-refractivity contribution in [1.29, 1.82) is 0 Å². The average molecular weight is 304 g/mol. The third kappa shape index (κ3) is 2.96. The first-order valence-corrected chi connectivity index (χ1v) is 6.85. The molecule has 0 radical (unpaired) electrons. The van der Waals surface area contributed by atoms with Gasteiger partial charge in [0.2, 0.25) is 5.95 Å². The lowest BCUT2D eigenvalue weighted by Gasteiger charge is -2.07. The summed E-state index contributed by atoms with van der Waals surface area (Å²) in [7, 11) is 1.66. The predicted octanol–water partition coefficient (Wildman–Crippen LogP) is 2.87. The number of hydrogen-bond acceptors (Lipinski definition) is 5. The van der Waals surface area contributed by atoms with Crippen LogP contribution in [-0.2, 0) is 11.3 Å². The molecule has 0 fully saturated rings. The molecule has 1 N–H and O–H groups in total. The normalized spacial score (nSPS) is 11.0. The van der Waals surface area contributed by atoms with E-state index in [9.17, 15) is 0 Å². The van der Waals surface area contributed by atoms with Crippen LogP contribution in [0.3, 0.4) is 0 Å². The fourth-order valence-corrected chi connectivity index (χ4v) is 2.18. The van der Waals surface area contributed by atoms with Crippen LogP contribution in [0.5, 0.6) is 0 Å². The van der Waals surface area contributed by atoms with E-state index in [1.807, 2.05) is 34.9 Å². The Morgan fingerprint density at radius 3 is 2.81 bits per heavy atom. The van der Waals surface area contributed by atoms with Gasteiger partial charge in [-0.05, 0) is 12.1 Å². The number of nitrogens with one attached hydrogen (secondary N) is 1. The zero-order chi connectivity index (χ0) is 14.7. The minimum Gasteiger partial charge on any atom is -0.383 e. The molecule has 108 valence electrons. The largest absolute Gasteiger partial charge is 0.383 e. The van der Waals surface area contributed by atoms with E-state index in [2.05, 4.69) is 20.3 Å². The summed E-state index contributed by atoms with van der Waals surface area (Å²) in [4.78, 5) is 13.0. The third-order valence-corrected chi connectivity index (χ3v) is 3.25. The number of ether oxygens (including phenoxy) is 1. The van der Waals surface area contributed by atoms with Crippen LogP contribution in [0.25, 0.3) is 11.2 Å². The lowest BCUT2D eigenvalue weighted by atomic mass is 10.3. The molecule has 3 rings (SSSR count). The topological polar surface area (TPSA) is 64.9 Å². The zero-order valence-corrected chi connectivity index (χ0v) is 12.2. The Bertz CT molecular complexity index is 744. The smallest absolute Gasteiger partial charge is 0.230 e.